The molecule has 2 nitrogen and oxygen atoms in total. The smallest absolute Gasteiger partial charge is 0.124 e. The molecule has 1 fully saturated rings. The molecule has 0 saturated heterocycles. The summed E-state index contributed by atoms with van der Waals surface area (Å²) in [6, 6.07) is 6.11. The molecule has 1 saturated carbocycles. The summed E-state index contributed by atoms with van der Waals surface area (Å²) < 4.78 is 7.23. The highest BCUT2D eigenvalue weighted by Crippen LogP contribution is 2.32. The topological polar surface area (TPSA) is 35.2 Å². The highest BCUT2D eigenvalue weighted by molar-refractivity contribution is 9.10. The predicted octanol–water partition coefficient (Wildman–Crippen LogP) is 4.43. The first-order valence-corrected chi connectivity index (χ1v) is 7.57. The molecule has 100 valence electrons. The van der Waals surface area contributed by atoms with Crippen molar-refractivity contribution in [2.45, 2.75) is 51.7 Å². The van der Waals surface area contributed by atoms with E-state index >= 15 is 0 Å². The summed E-state index contributed by atoms with van der Waals surface area (Å²) >= 11 is 3.49. The summed E-state index contributed by atoms with van der Waals surface area (Å²) in [6.45, 7) is 4.31. The fraction of sp³-hybridized carbons (Fsp3) is 0.600. The zero-order chi connectivity index (χ0) is 13.1. The molecule has 0 heterocycles. The fourth-order valence-electron chi connectivity index (χ4n) is 2.65. The van der Waals surface area contributed by atoms with Gasteiger partial charge in [-0.25, -0.2) is 0 Å². The van der Waals surface area contributed by atoms with E-state index in [4.69, 9.17) is 10.5 Å². The van der Waals surface area contributed by atoms with Crippen LogP contribution in [0.5, 0.6) is 5.75 Å². The number of halogens is 1. The van der Waals surface area contributed by atoms with Gasteiger partial charge in [-0.3, -0.25) is 0 Å². The lowest BCUT2D eigenvalue weighted by atomic mass is 9.88. The van der Waals surface area contributed by atoms with E-state index in [0.717, 1.165) is 28.1 Å². The molecule has 0 bridgehead atoms. The van der Waals surface area contributed by atoms with E-state index < -0.39 is 0 Å². The summed E-state index contributed by atoms with van der Waals surface area (Å²) in [4.78, 5) is 0. The van der Waals surface area contributed by atoms with Crippen LogP contribution >= 0.6 is 15.9 Å². The van der Waals surface area contributed by atoms with E-state index in [2.05, 4.69) is 28.9 Å². The quantitative estimate of drug-likeness (QED) is 0.896. The number of benzene rings is 1. The molecule has 3 heteroatoms. The van der Waals surface area contributed by atoms with Gasteiger partial charge in [-0.15, -0.1) is 0 Å². The van der Waals surface area contributed by atoms with E-state index in [1.54, 1.807) is 0 Å². The van der Waals surface area contributed by atoms with Crippen molar-refractivity contribution in [2.75, 3.05) is 0 Å². The van der Waals surface area contributed by atoms with E-state index in [1.165, 1.54) is 19.3 Å². The van der Waals surface area contributed by atoms with Crippen molar-refractivity contribution in [2.24, 2.45) is 11.7 Å². The lowest BCUT2D eigenvalue weighted by molar-refractivity contribution is 0.127. The summed E-state index contributed by atoms with van der Waals surface area (Å²) in [5.74, 6) is 1.73. The summed E-state index contributed by atoms with van der Waals surface area (Å²) in [7, 11) is 0. The molecule has 0 aliphatic heterocycles. The van der Waals surface area contributed by atoms with Gasteiger partial charge in [-0.1, -0.05) is 29.3 Å². The first-order chi connectivity index (χ1) is 8.56. The van der Waals surface area contributed by atoms with Crippen LogP contribution in [0.25, 0.3) is 0 Å². The molecule has 2 N–H and O–H groups in total. The normalized spacial score (nSPS) is 25.8. The SMILES string of the molecule is CC1CCCC(Oc2ccc(Br)cc2C(C)N)C1. The van der Waals surface area contributed by atoms with Crippen LogP contribution in [0, 0.1) is 5.92 Å². The van der Waals surface area contributed by atoms with Crippen molar-refractivity contribution >= 4 is 15.9 Å². The Balaban J connectivity index is 2.12. The van der Waals surface area contributed by atoms with Gasteiger partial charge >= 0.3 is 0 Å². The van der Waals surface area contributed by atoms with Crippen molar-refractivity contribution in [1.82, 2.24) is 0 Å². The third-order valence-corrected chi connectivity index (χ3v) is 4.14. The Morgan fingerprint density at radius 2 is 2.17 bits per heavy atom. The van der Waals surface area contributed by atoms with Crippen LogP contribution in [0.4, 0.5) is 0 Å². The average molecular weight is 312 g/mol. The van der Waals surface area contributed by atoms with Crippen LogP contribution in [-0.2, 0) is 0 Å². The third-order valence-electron chi connectivity index (χ3n) is 3.64. The molecule has 1 aromatic rings. The molecule has 3 unspecified atom stereocenters. The van der Waals surface area contributed by atoms with Gasteiger partial charge < -0.3 is 10.5 Å². The van der Waals surface area contributed by atoms with Crippen molar-refractivity contribution < 1.29 is 4.74 Å². The average Bonchev–Trinajstić information content (AvgIpc) is 2.31. The maximum atomic E-state index is 6.17. The molecular weight excluding hydrogens is 290 g/mol. The van der Waals surface area contributed by atoms with Gasteiger partial charge in [-0.05, 0) is 50.3 Å². The molecular formula is C15H22BrNO. The minimum absolute atomic E-state index is 0.00138. The first kappa shape index (κ1) is 13.9. The van der Waals surface area contributed by atoms with E-state index in [1.807, 2.05) is 19.1 Å². The Bertz CT molecular complexity index is 405. The molecule has 0 amide bonds. The summed E-state index contributed by atoms with van der Waals surface area (Å²) in [5, 5.41) is 0. The molecule has 0 radical (unpaired) electrons. The Kier molecular flexibility index (Phi) is 4.68. The van der Waals surface area contributed by atoms with Crippen LogP contribution in [-0.4, -0.2) is 6.10 Å². The van der Waals surface area contributed by atoms with E-state index in [-0.39, 0.29) is 6.04 Å². The Hall–Kier alpha value is -0.540. The molecule has 1 aliphatic carbocycles. The molecule has 0 aromatic heterocycles. The maximum absolute atomic E-state index is 6.17. The van der Waals surface area contributed by atoms with Gasteiger partial charge in [0.05, 0.1) is 6.10 Å². The van der Waals surface area contributed by atoms with Gasteiger partial charge in [0.25, 0.3) is 0 Å². The largest absolute Gasteiger partial charge is 0.490 e. The minimum atomic E-state index is -0.00138. The second-order valence-corrected chi connectivity index (χ2v) is 6.40. The Morgan fingerprint density at radius 1 is 1.39 bits per heavy atom. The van der Waals surface area contributed by atoms with Crippen molar-refractivity contribution in [3.8, 4) is 5.75 Å². The number of rotatable bonds is 3. The zero-order valence-electron chi connectivity index (χ0n) is 11.2. The predicted molar refractivity (Wildman–Crippen MR) is 78.8 cm³/mol. The van der Waals surface area contributed by atoms with Crippen LogP contribution in [0.3, 0.4) is 0 Å². The van der Waals surface area contributed by atoms with Gasteiger partial charge in [-0.2, -0.15) is 0 Å². The summed E-state index contributed by atoms with van der Waals surface area (Å²) in [5.41, 5.74) is 7.10. The van der Waals surface area contributed by atoms with Gasteiger partial charge in [0.15, 0.2) is 0 Å². The number of hydrogen-bond acceptors (Lipinski definition) is 2. The summed E-state index contributed by atoms with van der Waals surface area (Å²) in [6.07, 6.45) is 5.29. The first-order valence-electron chi connectivity index (χ1n) is 6.78. The highest BCUT2D eigenvalue weighted by Gasteiger charge is 2.21. The number of nitrogens with two attached hydrogens (primary N) is 1. The number of ether oxygens (including phenoxy) is 1. The molecule has 0 spiro atoms. The van der Waals surface area contributed by atoms with Gasteiger partial charge in [0.2, 0.25) is 0 Å². The van der Waals surface area contributed by atoms with Crippen molar-refractivity contribution in [3.05, 3.63) is 28.2 Å². The minimum Gasteiger partial charge on any atom is -0.490 e. The Labute approximate surface area is 118 Å². The fourth-order valence-corrected chi connectivity index (χ4v) is 3.03. The zero-order valence-corrected chi connectivity index (χ0v) is 12.7. The van der Waals surface area contributed by atoms with Gasteiger partial charge in [0.1, 0.15) is 5.75 Å². The second kappa shape index (κ2) is 6.07. The molecule has 3 atom stereocenters. The second-order valence-electron chi connectivity index (χ2n) is 5.48. The standard InChI is InChI=1S/C15H22BrNO/c1-10-4-3-5-13(8-10)18-15-7-6-12(16)9-14(15)11(2)17/h6-7,9-11,13H,3-5,8,17H2,1-2H3. The van der Waals surface area contributed by atoms with E-state index in [0.29, 0.717) is 6.10 Å². The van der Waals surface area contributed by atoms with Crippen molar-refractivity contribution in [3.63, 3.8) is 0 Å². The van der Waals surface area contributed by atoms with Crippen LogP contribution < -0.4 is 10.5 Å². The lowest BCUT2D eigenvalue weighted by Gasteiger charge is -2.28. The number of hydrogen-bond donors (Lipinski definition) is 1. The highest BCUT2D eigenvalue weighted by atomic mass is 79.9. The lowest BCUT2D eigenvalue weighted by Crippen LogP contribution is -2.25. The van der Waals surface area contributed by atoms with E-state index in [9.17, 15) is 0 Å². The van der Waals surface area contributed by atoms with Crippen LogP contribution in [0.2, 0.25) is 0 Å². The van der Waals surface area contributed by atoms with Crippen LogP contribution in [0.15, 0.2) is 22.7 Å². The van der Waals surface area contributed by atoms with Crippen LogP contribution in [0.1, 0.15) is 51.1 Å². The molecule has 2 rings (SSSR count). The maximum Gasteiger partial charge on any atom is 0.124 e. The monoisotopic (exact) mass is 311 g/mol. The molecule has 18 heavy (non-hydrogen) atoms. The van der Waals surface area contributed by atoms with Gasteiger partial charge in [0, 0.05) is 16.1 Å². The third kappa shape index (κ3) is 3.48. The molecule has 1 aliphatic rings. The molecule has 1 aromatic carbocycles. The Morgan fingerprint density at radius 3 is 2.83 bits per heavy atom. The van der Waals surface area contributed by atoms with Crippen molar-refractivity contribution in [1.29, 1.82) is 0 Å².